The highest BCUT2D eigenvalue weighted by Crippen LogP contribution is 2.19. The Balaban J connectivity index is 1.98. The fourth-order valence-corrected chi connectivity index (χ4v) is 5.33. The molecule has 47 heavy (non-hydrogen) atoms. The van der Waals surface area contributed by atoms with E-state index in [1.54, 1.807) is 30.3 Å². The number of thioether (sulfide) groups is 1. The van der Waals surface area contributed by atoms with Crippen molar-refractivity contribution in [3.8, 4) is 0 Å². The molecule has 0 bridgehead atoms. The molecule has 0 spiro atoms. The number of aliphatic carboxylic acids is 1. The van der Waals surface area contributed by atoms with Crippen LogP contribution in [0.4, 0.5) is 0 Å². The SMILES string of the molecule is CSCC[C@H](NC(=O)[C@H](C)NC(=O)[C@H](C)N)C(=O)N[C@@H](C)C(=O)N[C@@H](C)C(=O)N1CCC[C@H]1C(=O)N[C@@H](Cc1ccccc1)C(=O)O. The quantitative estimate of drug-likeness (QED) is 0.105. The number of carbonyl (C=O) groups excluding carboxylic acids is 6. The van der Waals surface area contributed by atoms with E-state index in [1.807, 2.05) is 6.26 Å². The Morgan fingerprint density at radius 1 is 0.830 bits per heavy atom. The molecule has 16 heteroatoms. The van der Waals surface area contributed by atoms with E-state index >= 15 is 0 Å². The molecule has 1 aliphatic rings. The first kappa shape index (κ1) is 39.0. The second-order valence-corrected chi connectivity index (χ2v) is 12.6. The van der Waals surface area contributed by atoms with E-state index in [1.165, 1.54) is 44.4 Å². The molecule has 15 nitrogen and oxygen atoms in total. The molecule has 7 atom stereocenters. The third-order valence-corrected chi connectivity index (χ3v) is 8.27. The molecule has 8 N–H and O–H groups in total. The van der Waals surface area contributed by atoms with Crippen LogP contribution in [0.3, 0.4) is 0 Å². The van der Waals surface area contributed by atoms with E-state index < -0.39 is 83.7 Å². The van der Waals surface area contributed by atoms with Crippen molar-refractivity contribution in [1.29, 1.82) is 0 Å². The maximum Gasteiger partial charge on any atom is 0.326 e. The smallest absolute Gasteiger partial charge is 0.326 e. The first-order valence-corrected chi connectivity index (χ1v) is 16.9. The molecule has 0 unspecified atom stereocenters. The third kappa shape index (κ3) is 12.2. The molecule has 0 radical (unpaired) electrons. The van der Waals surface area contributed by atoms with Crippen LogP contribution in [0.5, 0.6) is 0 Å². The molecular weight excluding hydrogens is 630 g/mol. The van der Waals surface area contributed by atoms with Gasteiger partial charge in [0.15, 0.2) is 0 Å². The summed E-state index contributed by atoms with van der Waals surface area (Å²) < 4.78 is 0. The summed E-state index contributed by atoms with van der Waals surface area (Å²) >= 11 is 1.46. The minimum absolute atomic E-state index is 0.0730. The molecule has 1 heterocycles. The number of likely N-dealkylation sites (tertiary alicyclic amines) is 1. The number of rotatable bonds is 17. The predicted molar refractivity (Wildman–Crippen MR) is 176 cm³/mol. The van der Waals surface area contributed by atoms with E-state index in [2.05, 4.69) is 26.6 Å². The predicted octanol–water partition coefficient (Wildman–Crippen LogP) is -1.11. The molecule has 1 aliphatic heterocycles. The summed E-state index contributed by atoms with van der Waals surface area (Å²) in [5, 5.41) is 22.4. The second-order valence-electron chi connectivity index (χ2n) is 11.6. The number of amides is 6. The van der Waals surface area contributed by atoms with E-state index in [0.717, 1.165) is 5.56 Å². The van der Waals surface area contributed by atoms with E-state index in [9.17, 15) is 38.7 Å². The number of nitrogens with one attached hydrogen (secondary N) is 5. The van der Waals surface area contributed by atoms with Crippen LogP contribution < -0.4 is 32.3 Å². The van der Waals surface area contributed by atoms with Crippen molar-refractivity contribution in [3.05, 3.63) is 35.9 Å². The van der Waals surface area contributed by atoms with Crippen LogP contribution in [-0.2, 0) is 40.0 Å². The average molecular weight is 678 g/mol. The van der Waals surface area contributed by atoms with Gasteiger partial charge in [-0.05, 0) is 64.5 Å². The van der Waals surface area contributed by atoms with E-state index in [0.29, 0.717) is 18.6 Å². The second kappa shape index (κ2) is 18.8. The maximum absolute atomic E-state index is 13.3. The summed E-state index contributed by atoms with van der Waals surface area (Å²) in [6.07, 6.45) is 3.01. The number of nitrogens with two attached hydrogens (primary N) is 1. The van der Waals surface area contributed by atoms with Crippen molar-refractivity contribution in [2.45, 2.75) is 95.7 Å². The summed E-state index contributed by atoms with van der Waals surface area (Å²) in [7, 11) is 0. The van der Waals surface area contributed by atoms with Crippen LogP contribution in [-0.4, -0.2) is 112 Å². The topological polar surface area (TPSA) is 229 Å². The zero-order valence-corrected chi connectivity index (χ0v) is 28.2. The molecule has 0 aliphatic carbocycles. The number of hydrogen-bond acceptors (Lipinski definition) is 9. The molecule has 6 amide bonds. The standard InChI is InChI=1S/C31H47N7O8S/c1-17(32)25(39)33-19(3)27(41)36-22(13-15-47-5)28(42)34-18(2)26(40)35-20(4)30(44)38-14-9-12-24(38)29(43)37-23(31(45)46)16-21-10-7-6-8-11-21/h6-8,10-11,17-20,22-24H,9,12-16,32H2,1-5H3,(H,33,39)(H,34,42)(H,35,40)(H,36,41)(H,37,43)(H,45,46)/t17-,18-,19-,20-,22-,23-,24-/m0/s1. The van der Waals surface area contributed by atoms with Gasteiger partial charge in [0, 0.05) is 13.0 Å². The Labute approximate surface area is 278 Å². The van der Waals surface area contributed by atoms with Crippen molar-refractivity contribution in [2.24, 2.45) is 5.73 Å². The number of hydrogen-bond donors (Lipinski definition) is 7. The molecule has 1 aromatic rings. The van der Waals surface area contributed by atoms with Gasteiger partial charge in [0.1, 0.15) is 36.3 Å². The fourth-order valence-electron chi connectivity index (χ4n) is 4.86. The van der Waals surface area contributed by atoms with Crippen LogP contribution in [0.2, 0.25) is 0 Å². The van der Waals surface area contributed by atoms with Crippen molar-refractivity contribution < 1.29 is 38.7 Å². The number of benzene rings is 1. The van der Waals surface area contributed by atoms with Gasteiger partial charge in [-0.3, -0.25) is 28.8 Å². The Kier molecular flexibility index (Phi) is 15.6. The van der Waals surface area contributed by atoms with Crippen molar-refractivity contribution in [1.82, 2.24) is 31.5 Å². The number of nitrogens with zero attached hydrogens (tertiary/aromatic N) is 1. The average Bonchev–Trinajstić information content (AvgIpc) is 3.52. The van der Waals surface area contributed by atoms with Gasteiger partial charge in [-0.1, -0.05) is 30.3 Å². The minimum Gasteiger partial charge on any atom is -0.480 e. The summed E-state index contributed by atoms with van der Waals surface area (Å²) in [5.74, 6) is -4.22. The van der Waals surface area contributed by atoms with Crippen LogP contribution in [0.15, 0.2) is 30.3 Å². The van der Waals surface area contributed by atoms with Crippen molar-refractivity contribution in [2.75, 3.05) is 18.6 Å². The summed E-state index contributed by atoms with van der Waals surface area (Å²) in [4.78, 5) is 90.2. The lowest BCUT2D eigenvalue weighted by Crippen LogP contribution is -2.58. The molecule has 0 aromatic heterocycles. The number of carboxylic acids is 1. The molecule has 1 aromatic carbocycles. The van der Waals surface area contributed by atoms with Gasteiger partial charge in [-0.2, -0.15) is 11.8 Å². The zero-order chi connectivity index (χ0) is 35.3. The van der Waals surface area contributed by atoms with Gasteiger partial charge in [-0.15, -0.1) is 0 Å². The highest BCUT2D eigenvalue weighted by molar-refractivity contribution is 7.98. The summed E-state index contributed by atoms with van der Waals surface area (Å²) in [6, 6.07) is 1.83. The number of carboxylic acid groups (broad SMARTS) is 1. The van der Waals surface area contributed by atoms with Gasteiger partial charge in [-0.25, -0.2) is 4.79 Å². The van der Waals surface area contributed by atoms with Crippen LogP contribution in [0.25, 0.3) is 0 Å². The minimum atomic E-state index is -1.20. The Bertz CT molecular complexity index is 1280. The molecule has 260 valence electrons. The molecule has 1 saturated heterocycles. The van der Waals surface area contributed by atoms with Gasteiger partial charge in [0.2, 0.25) is 35.4 Å². The van der Waals surface area contributed by atoms with Gasteiger partial charge in [0.05, 0.1) is 6.04 Å². The fraction of sp³-hybridized carbons (Fsp3) is 0.581. The van der Waals surface area contributed by atoms with Crippen LogP contribution in [0.1, 0.15) is 52.5 Å². The largest absolute Gasteiger partial charge is 0.480 e. The Morgan fingerprint density at radius 3 is 1.98 bits per heavy atom. The molecule has 0 saturated carbocycles. The van der Waals surface area contributed by atoms with Crippen LogP contribution in [0, 0.1) is 0 Å². The maximum atomic E-state index is 13.3. The lowest BCUT2D eigenvalue weighted by molar-refractivity contribution is -0.144. The lowest BCUT2D eigenvalue weighted by atomic mass is 10.1. The number of carbonyl (C=O) groups is 7. The Hall–Kier alpha value is -4.18. The van der Waals surface area contributed by atoms with Gasteiger partial charge >= 0.3 is 5.97 Å². The summed E-state index contributed by atoms with van der Waals surface area (Å²) in [6.45, 7) is 6.06. The highest BCUT2D eigenvalue weighted by atomic mass is 32.2. The van der Waals surface area contributed by atoms with Crippen LogP contribution >= 0.6 is 11.8 Å². The highest BCUT2D eigenvalue weighted by Gasteiger charge is 2.38. The first-order valence-electron chi connectivity index (χ1n) is 15.5. The van der Waals surface area contributed by atoms with Gasteiger partial charge < -0.3 is 42.3 Å². The molecule has 1 fully saturated rings. The normalized spacial score (nSPS) is 18.0. The summed E-state index contributed by atoms with van der Waals surface area (Å²) in [5.41, 5.74) is 6.26. The van der Waals surface area contributed by atoms with Crippen molar-refractivity contribution in [3.63, 3.8) is 0 Å². The molecule has 2 rings (SSSR count). The van der Waals surface area contributed by atoms with E-state index in [4.69, 9.17) is 5.73 Å². The molecular formula is C31H47N7O8S. The Morgan fingerprint density at radius 2 is 1.40 bits per heavy atom. The first-order chi connectivity index (χ1) is 22.2. The van der Waals surface area contributed by atoms with Gasteiger partial charge in [0.25, 0.3) is 0 Å². The van der Waals surface area contributed by atoms with Crippen molar-refractivity contribution >= 4 is 53.2 Å². The zero-order valence-electron chi connectivity index (χ0n) is 27.4. The third-order valence-electron chi connectivity index (χ3n) is 7.63. The lowest BCUT2D eigenvalue weighted by Gasteiger charge is -2.29. The van der Waals surface area contributed by atoms with E-state index in [-0.39, 0.29) is 19.4 Å². The monoisotopic (exact) mass is 677 g/mol.